The number of hydrogen-bond acceptors (Lipinski definition) is 8. The first kappa shape index (κ1) is 29.9. The number of ether oxygens (including phenoxy) is 2. The average molecular weight is 660 g/mol. The Morgan fingerprint density at radius 3 is 2.49 bits per heavy atom. The van der Waals surface area contributed by atoms with Gasteiger partial charge in [0, 0.05) is 10.0 Å². The fourth-order valence-corrected chi connectivity index (χ4v) is 5.95. The number of hydrogen-bond donors (Lipinski definition) is 1. The molecule has 1 aliphatic heterocycles. The van der Waals surface area contributed by atoms with Crippen molar-refractivity contribution in [3.05, 3.63) is 128 Å². The normalized spacial score (nSPS) is 15.9. The summed E-state index contributed by atoms with van der Waals surface area (Å²) < 4.78 is 11.9. The van der Waals surface area contributed by atoms with Gasteiger partial charge >= 0.3 is 11.9 Å². The van der Waals surface area contributed by atoms with Crippen molar-refractivity contribution in [1.82, 2.24) is 4.98 Å². The molecule has 0 bridgehead atoms. The van der Waals surface area contributed by atoms with Gasteiger partial charge in [-0.25, -0.2) is 9.78 Å². The Balaban J connectivity index is 1.51. The van der Waals surface area contributed by atoms with Crippen LogP contribution in [0.4, 0.5) is 5.13 Å². The van der Waals surface area contributed by atoms with E-state index < -0.39 is 23.7 Å². The highest BCUT2D eigenvalue weighted by Gasteiger charge is 2.48. The third-order valence-electron chi connectivity index (χ3n) is 6.75. The smallest absolute Gasteiger partial charge is 0.350 e. The molecule has 3 aromatic carbocycles. The summed E-state index contributed by atoms with van der Waals surface area (Å²) in [6, 6.07) is 20.7. The predicted octanol–water partition coefficient (Wildman–Crippen LogP) is 7.07. The Labute approximate surface area is 261 Å². The second-order valence-corrected chi connectivity index (χ2v) is 11.7. The van der Waals surface area contributed by atoms with Gasteiger partial charge in [0.15, 0.2) is 5.13 Å². The molecule has 8 nitrogen and oxygen atoms in total. The molecule has 1 aromatic heterocycles. The van der Waals surface area contributed by atoms with Crippen LogP contribution in [-0.2, 0) is 20.9 Å². The van der Waals surface area contributed by atoms with E-state index >= 15 is 0 Å². The number of anilines is 1. The minimum atomic E-state index is -0.993. The lowest BCUT2D eigenvalue weighted by Crippen LogP contribution is -2.29. The number of nitrogens with zero attached hydrogens (tertiary/aromatic N) is 2. The molecule has 1 unspecified atom stereocenters. The number of aliphatic hydroxyl groups excluding tert-OH is 1. The molecule has 1 amide bonds. The lowest BCUT2D eigenvalue weighted by molar-refractivity contribution is -0.132. The van der Waals surface area contributed by atoms with Gasteiger partial charge in [-0.05, 0) is 61.4 Å². The summed E-state index contributed by atoms with van der Waals surface area (Å²) in [5, 5.41) is 11.6. The van der Waals surface area contributed by atoms with E-state index in [1.165, 1.54) is 11.0 Å². The number of rotatable bonds is 9. The molecule has 5 rings (SSSR count). The number of carbonyl (C=O) groups is 3. The number of aliphatic hydroxyl groups is 1. The van der Waals surface area contributed by atoms with E-state index in [0.717, 1.165) is 26.9 Å². The monoisotopic (exact) mass is 658 g/mol. The summed E-state index contributed by atoms with van der Waals surface area (Å²) >= 11 is 4.36. The molecule has 0 radical (unpaired) electrons. The zero-order chi connectivity index (χ0) is 30.7. The number of halogens is 1. The quantitative estimate of drug-likeness (QED) is 0.0674. The fourth-order valence-electron chi connectivity index (χ4n) is 4.70. The summed E-state index contributed by atoms with van der Waals surface area (Å²) in [4.78, 5) is 45.5. The minimum absolute atomic E-state index is 0.0185. The van der Waals surface area contributed by atoms with Gasteiger partial charge in [-0.3, -0.25) is 14.5 Å². The highest BCUT2D eigenvalue weighted by atomic mass is 79.9. The Morgan fingerprint density at radius 2 is 1.81 bits per heavy atom. The fraction of sp³-hybridized carbons (Fsp3) is 0.152. The van der Waals surface area contributed by atoms with E-state index in [9.17, 15) is 19.5 Å². The molecular formula is C33H27BrN2O6S. The lowest BCUT2D eigenvalue weighted by Gasteiger charge is -2.23. The van der Waals surface area contributed by atoms with Crippen molar-refractivity contribution in [3.63, 3.8) is 0 Å². The summed E-state index contributed by atoms with van der Waals surface area (Å²) in [6.07, 6.45) is 1.45. The van der Waals surface area contributed by atoms with Crippen LogP contribution in [0.25, 0.3) is 5.76 Å². The number of aryl methyl sites for hydroxylation is 2. The maximum atomic E-state index is 13.5. The average Bonchev–Trinajstić information content (AvgIpc) is 3.51. The van der Waals surface area contributed by atoms with Gasteiger partial charge in [0.05, 0.1) is 17.3 Å². The Kier molecular flexibility index (Phi) is 8.89. The molecule has 218 valence electrons. The van der Waals surface area contributed by atoms with Crippen LogP contribution in [0, 0.1) is 13.8 Å². The first-order valence-corrected chi connectivity index (χ1v) is 14.9. The van der Waals surface area contributed by atoms with Gasteiger partial charge in [0.25, 0.3) is 5.78 Å². The van der Waals surface area contributed by atoms with Crippen molar-refractivity contribution in [2.24, 2.45) is 0 Å². The van der Waals surface area contributed by atoms with Crippen molar-refractivity contribution >= 4 is 55.8 Å². The van der Waals surface area contributed by atoms with Crippen LogP contribution >= 0.6 is 27.3 Å². The highest BCUT2D eigenvalue weighted by Crippen LogP contribution is 2.44. The maximum absolute atomic E-state index is 13.5. The molecule has 0 aliphatic carbocycles. The Hall–Kier alpha value is -4.54. The first-order valence-electron chi connectivity index (χ1n) is 13.3. The zero-order valence-corrected chi connectivity index (χ0v) is 25.8. The van der Waals surface area contributed by atoms with Crippen molar-refractivity contribution in [1.29, 1.82) is 0 Å². The number of aromatic nitrogens is 1. The van der Waals surface area contributed by atoms with Crippen molar-refractivity contribution in [2.45, 2.75) is 26.5 Å². The second kappa shape index (κ2) is 12.8. The number of esters is 1. The van der Waals surface area contributed by atoms with Gasteiger partial charge in [-0.15, -0.1) is 0 Å². The Morgan fingerprint density at radius 1 is 1.09 bits per heavy atom. The van der Waals surface area contributed by atoms with E-state index in [-0.39, 0.29) is 27.9 Å². The maximum Gasteiger partial charge on any atom is 0.350 e. The molecule has 0 saturated carbocycles. The zero-order valence-electron chi connectivity index (χ0n) is 23.4. The summed E-state index contributed by atoms with van der Waals surface area (Å²) in [7, 11) is 0. The molecule has 43 heavy (non-hydrogen) atoms. The molecule has 1 saturated heterocycles. The molecule has 4 aromatic rings. The summed E-state index contributed by atoms with van der Waals surface area (Å²) in [5.74, 6) is -2.10. The van der Waals surface area contributed by atoms with Crippen LogP contribution in [0.3, 0.4) is 0 Å². The van der Waals surface area contributed by atoms with E-state index in [2.05, 4.69) is 27.5 Å². The number of thiazole rings is 1. The standard InChI is InChI=1S/C33H27BrN2O6S/c1-4-16-41-32(40)30-20(3)35-33(43-30)36-27(22-8-12-24(34)13-9-22)26(29(38)31(36)39)28(37)23-10-14-25(15-11-23)42-18-21-7-5-6-19(2)17-21/h4-15,17,27,37H,1,16,18H2,2-3H3/b28-26+. The van der Waals surface area contributed by atoms with Crippen LogP contribution in [0.1, 0.15) is 43.7 Å². The number of benzene rings is 3. The highest BCUT2D eigenvalue weighted by molar-refractivity contribution is 9.10. The molecular weight excluding hydrogens is 632 g/mol. The van der Waals surface area contributed by atoms with E-state index in [0.29, 0.717) is 29.2 Å². The van der Waals surface area contributed by atoms with Gasteiger partial charge in [0.1, 0.15) is 29.6 Å². The molecule has 1 fully saturated rings. The molecule has 1 aliphatic rings. The molecule has 1 N–H and O–H groups in total. The van der Waals surface area contributed by atoms with Gasteiger partial charge in [-0.1, -0.05) is 81.9 Å². The Bertz CT molecular complexity index is 1740. The van der Waals surface area contributed by atoms with Crippen molar-refractivity contribution in [3.8, 4) is 5.75 Å². The first-order chi connectivity index (χ1) is 20.7. The van der Waals surface area contributed by atoms with Crippen molar-refractivity contribution in [2.75, 3.05) is 11.5 Å². The van der Waals surface area contributed by atoms with E-state index in [1.54, 1.807) is 55.5 Å². The number of Topliss-reactive ketones (excluding diaryl/α,β-unsaturated/α-hetero) is 1. The van der Waals surface area contributed by atoms with Gasteiger partial charge in [-0.2, -0.15) is 0 Å². The van der Waals surface area contributed by atoms with E-state index in [4.69, 9.17) is 9.47 Å². The van der Waals surface area contributed by atoms with Crippen LogP contribution < -0.4 is 9.64 Å². The molecule has 1 atom stereocenters. The van der Waals surface area contributed by atoms with Crippen LogP contribution in [-0.4, -0.2) is 34.4 Å². The topological polar surface area (TPSA) is 106 Å². The van der Waals surface area contributed by atoms with Crippen LogP contribution in [0.15, 0.2) is 95.5 Å². The van der Waals surface area contributed by atoms with Gasteiger partial charge < -0.3 is 14.6 Å². The number of ketones is 1. The lowest BCUT2D eigenvalue weighted by atomic mass is 9.95. The third-order valence-corrected chi connectivity index (χ3v) is 8.42. The third kappa shape index (κ3) is 6.30. The largest absolute Gasteiger partial charge is 0.507 e. The second-order valence-electron chi connectivity index (χ2n) is 9.82. The van der Waals surface area contributed by atoms with E-state index in [1.807, 2.05) is 31.2 Å². The summed E-state index contributed by atoms with van der Waals surface area (Å²) in [6.45, 7) is 7.57. The molecule has 2 heterocycles. The molecule has 10 heteroatoms. The number of carbonyl (C=O) groups excluding carboxylic acids is 3. The SMILES string of the molecule is C=CCOC(=O)c1sc(N2C(=O)C(=O)/C(=C(/O)c3ccc(OCc4cccc(C)c4)cc3)C2c2ccc(Br)cc2)nc1C. The minimum Gasteiger partial charge on any atom is -0.507 e. The van der Waals surface area contributed by atoms with Crippen molar-refractivity contribution < 1.29 is 29.0 Å². The summed E-state index contributed by atoms with van der Waals surface area (Å²) in [5.41, 5.74) is 3.33. The van der Waals surface area contributed by atoms with Crippen LogP contribution in [0.5, 0.6) is 5.75 Å². The van der Waals surface area contributed by atoms with Crippen LogP contribution in [0.2, 0.25) is 0 Å². The number of amides is 1. The predicted molar refractivity (Wildman–Crippen MR) is 168 cm³/mol. The van der Waals surface area contributed by atoms with Gasteiger partial charge in [0.2, 0.25) is 0 Å². The molecule has 0 spiro atoms.